The number of rotatable bonds is 5. The molecule has 0 radical (unpaired) electrons. The molecule has 0 aromatic heterocycles. The molecule has 9 aromatic carbocycles. The van der Waals surface area contributed by atoms with Gasteiger partial charge in [-0.05, 0) is 124 Å². The minimum absolute atomic E-state index is 1.08. The average Bonchev–Trinajstić information content (AvgIpc) is 3.52. The molecule has 10 rings (SSSR count). The van der Waals surface area contributed by atoms with Crippen molar-refractivity contribution in [3.05, 3.63) is 188 Å². The van der Waals surface area contributed by atoms with Crippen molar-refractivity contribution >= 4 is 37.9 Å². The lowest BCUT2D eigenvalue weighted by Crippen LogP contribution is -1.93. The molecule has 1 aliphatic rings. The highest BCUT2D eigenvalue weighted by Gasteiger charge is 2.31. The molecule has 0 atom stereocenters. The second-order valence-electron chi connectivity index (χ2n) is 13.8. The van der Waals surface area contributed by atoms with E-state index in [-0.39, 0.29) is 0 Å². The van der Waals surface area contributed by atoms with Crippen LogP contribution < -0.4 is 0 Å². The van der Waals surface area contributed by atoms with Crippen LogP contribution in [-0.4, -0.2) is 0 Å². The van der Waals surface area contributed by atoms with E-state index in [4.69, 9.17) is 0 Å². The highest BCUT2D eigenvalue weighted by molar-refractivity contribution is 6.28. The summed E-state index contributed by atoms with van der Waals surface area (Å²) in [5, 5.41) is 7.68. The lowest BCUT2D eigenvalue weighted by Gasteiger charge is -2.20. The quantitative estimate of drug-likeness (QED) is 0.175. The Morgan fingerprint density at radius 3 is 1.45 bits per heavy atom. The number of fused-ring (bicyclic) bond motifs is 5. The Balaban J connectivity index is 1.19. The summed E-state index contributed by atoms with van der Waals surface area (Å²) in [5.41, 5.74) is 17.6. The minimum atomic E-state index is 1.08. The van der Waals surface area contributed by atoms with E-state index in [2.05, 4.69) is 189 Å². The second kappa shape index (κ2) is 11.5. The maximum atomic E-state index is 4.09. The van der Waals surface area contributed by atoms with Crippen molar-refractivity contribution in [3.63, 3.8) is 0 Å². The normalized spacial score (nSPS) is 11.7. The topological polar surface area (TPSA) is 0 Å². The Morgan fingerprint density at radius 2 is 0.843 bits per heavy atom. The predicted octanol–water partition coefficient (Wildman–Crippen LogP) is 14.5. The summed E-state index contributed by atoms with van der Waals surface area (Å²) in [7, 11) is 0. The molecule has 1 aliphatic carbocycles. The van der Waals surface area contributed by atoms with Crippen LogP contribution in [0, 0.1) is 0 Å². The average molecular weight is 647 g/mol. The monoisotopic (exact) mass is 646 g/mol. The highest BCUT2D eigenvalue weighted by atomic mass is 14.3. The zero-order valence-corrected chi connectivity index (χ0v) is 28.5. The van der Waals surface area contributed by atoms with Crippen molar-refractivity contribution in [1.82, 2.24) is 0 Å². The highest BCUT2D eigenvalue weighted by Crippen LogP contribution is 2.58. The largest absolute Gasteiger partial charge is 0.0955 e. The maximum Gasteiger partial charge on any atom is -0.000741 e. The third-order valence-electron chi connectivity index (χ3n) is 10.8. The molecule has 0 saturated heterocycles. The van der Waals surface area contributed by atoms with E-state index in [0.717, 1.165) is 5.57 Å². The summed E-state index contributed by atoms with van der Waals surface area (Å²) in [6.45, 7) is 6.14. The summed E-state index contributed by atoms with van der Waals surface area (Å²) in [6.07, 6.45) is 0. The fourth-order valence-corrected chi connectivity index (χ4v) is 8.40. The van der Waals surface area contributed by atoms with Crippen LogP contribution in [0.3, 0.4) is 0 Å². The van der Waals surface area contributed by atoms with Gasteiger partial charge >= 0.3 is 0 Å². The molecule has 0 amide bonds. The fourth-order valence-electron chi connectivity index (χ4n) is 8.40. The maximum absolute atomic E-state index is 4.09. The molecule has 0 unspecified atom stereocenters. The lowest BCUT2D eigenvalue weighted by molar-refractivity contribution is 1.57. The van der Waals surface area contributed by atoms with Crippen LogP contribution in [0.1, 0.15) is 12.5 Å². The van der Waals surface area contributed by atoms with E-state index < -0.39 is 0 Å². The predicted molar refractivity (Wildman–Crippen MR) is 220 cm³/mol. The van der Waals surface area contributed by atoms with Crippen LogP contribution in [0.2, 0.25) is 0 Å². The van der Waals surface area contributed by atoms with Crippen molar-refractivity contribution in [2.75, 3.05) is 0 Å². The Morgan fingerprint density at radius 1 is 0.353 bits per heavy atom. The first kappa shape index (κ1) is 29.4. The van der Waals surface area contributed by atoms with Gasteiger partial charge in [-0.25, -0.2) is 0 Å². The molecule has 0 fully saturated rings. The molecule has 0 N–H and O–H groups in total. The van der Waals surface area contributed by atoms with E-state index in [9.17, 15) is 0 Å². The van der Waals surface area contributed by atoms with Gasteiger partial charge in [-0.3, -0.25) is 0 Å². The van der Waals surface area contributed by atoms with Gasteiger partial charge in [-0.15, -0.1) is 0 Å². The van der Waals surface area contributed by atoms with Crippen LogP contribution in [0.5, 0.6) is 0 Å². The van der Waals surface area contributed by atoms with Crippen molar-refractivity contribution in [2.45, 2.75) is 6.92 Å². The Bertz CT molecular complexity index is 2750. The third-order valence-corrected chi connectivity index (χ3v) is 10.8. The van der Waals surface area contributed by atoms with Crippen LogP contribution in [0.15, 0.2) is 183 Å². The van der Waals surface area contributed by atoms with E-state index in [0.29, 0.717) is 0 Å². The summed E-state index contributed by atoms with van der Waals surface area (Å²) < 4.78 is 0. The van der Waals surface area contributed by atoms with E-state index >= 15 is 0 Å². The van der Waals surface area contributed by atoms with Crippen LogP contribution >= 0.6 is 0 Å². The van der Waals surface area contributed by atoms with Crippen molar-refractivity contribution in [2.24, 2.45) is 0 Å². The van der Waals surface area contributed by atoms with E-state index in [1.807, 2.05) is 0 Å². The smallest absolute Gasteiger partial charge is 0.000741 e. The Hall–Kier alpha value is -6.50. The van der Waals surface area contributed by atoms with Crippen LogP contribution in [-0.2, 0) is 0 Å². The molecule has 0 nitrogen and oxygen atoms in total. The van der Waals surface area contributed by atoms with Gasteiger partial charge in [0, 0.05) is 0 Å². The molecule has 0 spiro atoms. The van der Waals surface area contributed by atoms with Crippen molar-refractivity contribution in [1.29, 1.82) is 0 Å². The zero-order chi connectivity index (χ0) is 34.1. The molecule has 0 saturated carbocycles. The molecule has 0 bridgehead atoms. The van der Waals surface area contributed by atoms with Crippen LogP contribution in [0.4, 0.5) is 0 Å². The summed E-state index contributed by atoms with van der Waals surface area (Å²) in [4.78, 5) is 0. The number of benzene rings is 9. The summed E-state index contributed by atoms with van der Waals surface area (Å²) >= 11 is 0. The van der Waals surface area contributed by atoms with Gasteiger partial charge in [-0.1, -0.05) is 176 Å². The zero-order valence-electron chi connectivity index (χ0n) is 28.5. The first-order valence-electron chi connectivity index (χ1n) is 17.7. The molecule has 0 aliphatic heterocycles. The molecule has 0 heteroatoms. The fraction of sp³-hybridized carbons (Fsp3) is 0.0196. The third kappa shape index (κ3) is 4.61. The molecule has 0 heterocycles. The Kier molecular flexibility index (Phi) is 6.66. The number of hydrogen-bond donors (Lipinski definition) is 0. The van der Waals surface area contributed by atoms with Gasteiger partial charge in [0.15, 0.2) is 0 Å². The van der Waals surface area contributed by atoms with Gasteiger partial charge < -0.3 is 0 Å². The van der Waals surface area contributed by atoms with E-state index in [1.165, 1.54) is 105 Å². The van der Waals surface area contributed by atoms with Crippen LogP contribution in [0.25, 0.3) is 105 Å². The first-order valence-corrected chi connectivity index (χ1v) is 17.7. The van der Waals surface area contributed by atoms with E-state index in [1.54, 1.807) is 0 Å². The lowest BCUT2D eigenvalue weighted by atomic mass is 9.82. The summed E-state index contributed by atoms with van der Waals surface area (Å²) in [5.74, 6) is 0. The molecular weight excluding hydrogens is 613 g/mol. The minimum Gasteiger partial charge on any atom is -0.0955 e. The Labute approximate surface area is 298 Å². The molecule has 51 heavy (non-hydrogen) atoms. The standard InChI is InChI=1S/C51H34/c1-32(2)33-20-22-34(23-21-33)37-24-25-39-31-40(27-26-38(39)30-37)41-28-29-46-49-42(41)18-11-19-45(49)50-47(35-12-5-3-6-13-35)43-16-9-10-17-44(43)48(51(46)50)36-14-7-4-8-15-36/h3-31H,1H2,2H3. The molecular formula is C51H34. The SMILES string of the molecule is C=C(C)c1ccc(-c2ccc3cc(-c4ccc5c6c(cccc46)-c4c-5c(-c5ccccc5)c5ccccc5c4-c4ccccc4)ccc3c2)cc1. The van der Waals surface area contributed by atoms with Gasteiger partial charge in [0.1, 0.15) is 0 Å². The van der Waals surface area contributed by atoms with Gasteiger partial charge in [0.05, 0.1) is 0 Å². The molecule has 9 aromatic rings. The number of hydrogen-bond acceptors (Lipinski definition) is 0. The van der Waals surface area contributed by atoms with Crippen molar-refractivity contribution < 1.29 is 0 Å². The molecule has 238 valence electrons. The van der Waals surface area contributed by atoms with Gasteiger partial charge in [0.25, 0.3) is 0 Å². The number of allylic oxidation sites excluding steroid dienone is 1. The first-order chi connectivity index (χ1) is 25.1. The van der Waals surface area contributed by atoms with Gasteiger partial charge in [-0.2, -0.15) is 0 Å². The summed E-state index contributed by atoms with van der Waals surface area (Å²) in [6, 6.07) is 64.9. The second-order valence-corrected chi connectivity index (χ2v) is 13.8. The van der Waals surface area contributed by atoms with Crippen molar-refractivity contribution in [3.8, 4) is 66.8 Å². The van der Waals surface area contributed by atoms with Gasteiger partial charge in [0.2, 0.25) is 0 Å².